The maximum absolute atomic E-state index is 9.07. The van der Waals surface area contributed by atoms with Gasteiger partial charge in [0.25, 0.3) is 0 Å². The van der Waals surface area contributed by atoms with Crippen LogP contribution < -0.4 is 5.32 Å². The van der Waals surface area contributed by atoms with Crippen LogP contribution in [-0.4, -0.2) is 41.2 Å². The van der Waals surface area contributed by atoms with Crippen molar-refractivity contribution in [2.24, 2.45) is 5.92 Å². The number of hydrogen-bond acceptors (Lipinski definition) is 4. The number of anilines is 1. The number of pyridine rings is 1. The van der Waals surface area contributed by atoms with Gasteiger partial charge in [-0.3, -0.25) is 4.90 Å². The molecule has 1 aliphatic rings. The number of halogens is 1. The second-order valence-electron chi connectivity index (χ2n) is 5.41. The van der Waals surface area contributed by atoms with E-state index in [1.165, 1.54) is 12.8 Å². The van der Waals surface area contributed by atoms with E-state index in [1.807, 2.05) is 12.1 Å². The minimum absolute atomic E-state index is 0.285. The minimum Gasteiger partial charge on any atom is -0.396 e. The molecule has 1 aromatic heterocycles. The van der Waals surface area contributed by atoms with Crippen LogP contribution in [0.5, 0.6) is 0 Å². The summed E-state index contributed by atoms with van der Waals surface area (Å²) in [5, 5.41) is 13.0. The molecule has 0 radical (unpaired) electrons. The molecule has 0 saturated carbocycles. The zero-order valence-corrected chi connectivity index (χ0v) is 12.9. The second-order valence-corrected chi connectivity index (χ2v) is 5.82. The fourth-order valence-corrected chi connectivity index (χ4v) is 2.96. The largest absolute Gasteiger partial charge is 0.396 e. The summed E-state index contributed by atoms with van der Waals surface area (Å²) in [7, 11) is 0. The van der Waals surface area contributed by atoms with Gasteiger partial charge in [-0.25, -0.2) is 4.98 Å². The molecule has 1 saturated heterocycles. The molecule has 4 nitrogen and oxygen atoms in total. The standard InChI is InChI=1S/C15H24ClN3O/c1-2-17-15-6-5-13(16)14(18-15)11-19-8-3-4-12(10-19)7-9-20/h5-6,12,20H,2-4,7-11H2,1H3,(H,17,18). The van der Waals surface area contributed by atoms with Gasteiger partial charge in [0.2, 0.25) is 0 Å². The van der Waals surface area contributed by atoms with Gasteiger partial charge in [0, 0.05) is 26.2 Å². The average molecular weight is 298 g/mol. The molecule has 0 aromatic carbocycles. The molecular formula is C15H24ClN3O. The Morgan fingerprint density at radius 3 is 3.10 bits per heavy atom. The first-order valence-electron chi connectivity index (χ1n) is 7.45. The van der Waals surface area contributed by atoms with E-state index in [-0.39, 0.29) is 6.61 Å². The lowest BCUT2D eigenvalue weighted by Gasteiger charge is -2.32. The van der Waals surface area contributed by atoms with E-state index in [9.17, 15) is 0 Å². The third kappa shape index (κ3) is 4.33. The maximum Gasteiger partial charge on any atom is 0.126 e. The van der Waals surface area contributed by atoms with E-state index in [1.54, 1.807) is 0 Å². The third-order valence-electron chi connectivity index (χ3n) is 3.79. The number of piperidine rings is 1. The number of nitrogens with one attached hydrogen (secondary N) is 1. The fraction of sp³-hybridized carbons (Fsp3) is 0.667. The molecule has 5 heteroatoms. The smallest absolute Gasteiger partial charge is 0.126 e. The monoisotopic (exact) mass is 297 g/mol. The Bertz CT molecular complexity index is 426. The lowest BCUT2D eigenvalue weighted by atomic mass is 9.95. The van der Waals surface area contributed by atoms with Crippen LogP contribution in [-0.2, 0) is 6.54 Å². The predicted molar refractivity (Wildman–Crippen MR) is 83.1 cm³/mol. The van der Waals surface area contributed by atoms with Gasteiger partial charge in [-0.1, -0.05) is 11.6 Å². The molecule has 0 aliphatic carbocycles. The van der Waals surface area contributed by atoms with Crippen molar-refractivity contribution in [2.75, 3.05) is 31.6 Å². The zero-order chi connectivity index (χ0) is 14.4. The summed E-state index contributed by atoms with van der Waals surface area (Å²) in [6, 6.07) is 3.83. The highest BCUT2D eigenvalue weighted by molar-refractivity contribution is 6.31. The van der Waals surface area contributed by atoms with Crippen LogP contribution in [0, 0.1) is 5.92 Å². The van der Waals surface area contributed by atoms with Crippen molar-refractivity contribution in [3.8, 4) is 0 Å². The Morgan fingerprint density at radius 1 is 1.50 bits per heavy atom. The highest BCUT2D eigenvalue weighted by Crippen LogP contribution is 2.23. The molecule has 112 valence electrons. The van der Waals surface area contributed by atoms with Crippen LogP contribution >= 0.6 is 11.6 Å². The number of hydrogen-bond donors (Lipinski definition) is 2. The summed E-state index contributed by atoms with van der Waals surface area (Å²) in [6.45, 7) is 6.11. The molecule has 2 rings (SSSR count). The lowest BCUT2D eigenvalue weighted by Crippen LogP contribution is -2.35. The molecule has 1 fully saturated rings. The van der Waals surface area contributed by atoms with Gasteiger partial charge < -0.3 is 10.4 Å². The molecule has 0 bridgehead atoms. The fourth-order valence-electron chi connectivity index (χ4n) is 2.80. The molecular weight excluding hydrogens is 274 g/mol. The Kier molecular flexibility index (Phi) is 6.07. The summed E-state index contributed by atoms with van der Waals surface area (Å²) in [4.78, 5) is 6.99. The first-order valence-corrected chi connectivity index (χ1v) is 7.83. The average Bonchev–Trinajstić information content (AvgIpc) is 2.44. The lowest BCUT2D eigenvalue weighted by molar-refractivity contribution is 0.141. The molecule has 20 heavy (non-hydrogen) atoms. The quantitative estimate of drug-likeness (QED) is 0.848. The van der Waals surface area contributed by atoms with Gasteiger partial charge in [-0.15, -0.1) is 0 Å². The van der Waals surface area contributed by atoms with Gasteiger partial charge in [0.05, 0.1) is 10.7 Å². The number of aromatic nitrogens is 1. The first-order chi connectivity index (χ1) is 9.72. The van der Waals surface area contributed by atoms with Gasteiger partial charge in [-0.2, -0.15) is 0 Å². The van der Waals surface area contributed by atoms with E-state index in [0.29, 0.717) is 5.92 Å². The molecule has 2 heterocycles. The van der Waals surface area contributed by atoms with Crippen molar-refractivity contribution in [3.05, 3.63) is 22.8 Å². The first kappa shape index (κ1) is 15.5. The topological polar surface area (TPSA) is 48.4 Å². The van der Waals surface area contributed by atoms with Crippen molar-refractivity contribution in [3.63, 3.8) is 0 Å². The third-order valence-corrected chi connectivity index (χ3v) is 4.13. The maximum atomic E-state index is 9.07. The Morgan fingerprint density at radius 2 is 2.35 bits per heavy atom. The SMILES string of the molecule is CCNc1ccc(Cl)c(CN2CCCC(CCO)C2)n1. The van der Waals surface area contributed by atoms with Crippen LogP contribution in [0.3, 0.4) is 0 Å². The summed E-state index contributed by atoms with van der Waals surface area (Å²) in [6.07, 6.45) is 3.31. The van der Waals surface area contributed by atoms with Gasteiger partial charge in [0.15, 0.2) is 0 Å². The van der Waals surface area contributed by atoms with E-state index >= 15 is 0 Å². The van der Waals surface area contributed by atoms with Crippen molar-refractivity contribution in [1.29, 1.82) is 0 Å². The van der Waals surface area contributed by atoms with Crippen LogP contribution in [0.1, 0.15) is 31.9 Å². The van der Waals surface area contributed by atoms with E-state index in [0.717, 1.165) is 49.1 Å². The zero-order valence-electron chi connectivity index (χ0n) is 12.1. The van der Waals surface area contributed by atoms with Crippen LogP contribution in [0.25, 0.3) is 0 Å². The molecule has 2 N–H and O–H groups in total. The van der Waals surface area contributed by atoms with Gasteiger partial charge >= 0.3 is 0 Å². The van der Waals surface area contributed by atoms with Crippen LogP contribution in [0.15, 0.2) is 12.1 Å². The van der Waals surface area contributed by atoms with Crippen molar-refractivity contribution >= 4 is 17.4 Å². The summed E-state index contributed by atoms with van der Waals surface area (Å²) in [5.41, 5.74) is 0.940. The highest BCUT2D eigenvalue weighted by atomic mass is 35.5. The normalized spacial score (nSPS) is 20.1. The second kappa shape index (κ2) is 7.81. The molecule has 0 spiro atoms. The summed E-state index contributed by atoms with van der Waals surface area (Å²) >= 11 is 6.26. The number of aliphatic hydroxyl groups excluding tert-OH is 1. The Balaban J connectivity index is 1.99. The van der Waals surface area contributed by atoms with Crippen molar-refractivity contribution in [1.82, 2.24) is 9.88 Å². The van der Waals surface area contributed by atoms with Gasteiger partial charge in [0.1, 0.15) is 5.82 Å². The number of likely N-dealkylation sites (tertiary alicyclic amines) is 1. The van der Waals surface area contributed by atoms with Crippen LogP contribution in [0.2, 0.25) is 5.02 Å². The number of nitrogens with zero attached hydrogens (tertiary/aromatic N) is 2. The van der Waals surface area contributed by atoms with Gasteiger partial charge in [-0.05, 0) is 50.8 Å². The summed E-state index contributed by atoms with van der Waals surface area (Å²) in [5.74, 6) is 1.49. The molecule has 1 atom stereocenters. The van der Waals surface area contributed by atoms with E-state index < -0.39 is 0 Å². The van der Waals surface area contributed by atoms with Crippen molar-refractivity contribution in [2.45, 2.75) is 32.7 Å². The summed E-state index contributed by atoms with van der Waals surface area (Å²) < 4.78 is 0. The van der Waals surface area contributed by atoms with E-state index in [2.05, 4.69) is 22.1 Å². The predicted octanol–water partition coefficient (Wildman–Crippen LogP) is 2.76. The van der Waals surface area contributed by atoms with Crippen LogP contribution in [0.4, 0.5) is 5.82 Å². The highest BCUT2D eigenvalue weighted by Gasteiger charge is 2.20. The van der Waals surface area contributed by atoms with E-state index in [4.69, 9.17) is 16.7 Å². The number of aliphatic hydroxyl groups is 1. The molecule has 1 aromatic rings. The Labute approximate surface area is 126 Å². The minimum atomic E-state index is 0.285. The number of rotatable bonds is 6. The molecule has 1 unspecified atom stereocenters. The molecule has 1 aliphatic heterocycles. The Hall–Kier alpha value is -0.840. The molecule has 0 amide bonds. The van der Waals surface area contributed by atoms with Crippen molar-refractivity contribution < 1.29 is 5.11 Å².